The molecule has 5 unspecified atom stereocenters. The predicted molar refractivity (Wildman–Crippen MR) is 367 cm³/mol. The van der Waals surface area contributed by atoms with Crippen molar-refractivity contribution in [2.45, 2.75) is 166 Å². The lowest BCUT2D eigenvalue weighted by Gasteiger charge is -2.46. The van der Waals surface area contributed by atoms with E-state index >= 15 is 9.59 Å². The summed E-state index contributed by atoms with van der Waals surface area (Å²) in [6.07, 6.45) is -29.8. The van der Waals surface area contributed by atoms with Crippen molar-refractivity contribution in [2.75, 3.05) is 52.7 Å². The number of aliphatic imine (C=N–C) groups is 2. The van der Waals surface area contributed by atoms with Crippen LogP contribution in [0.2, 0.25) is 0 Å². The largest absolute Gasteiger partial charge is 0.462 e. The second kappa shape index (κ2) is 36.1. The van der Waals surface area contributed by atoms with Crippen molar-refractivity contribution in [3.8, 4) is 5.75 Å². The van der Waals surface area contributed by atoms with Crippen LogP contribution >= 0.6 is 0 Å². The first kappa shape index (κ1) is 79.6. The van der Waals surface area contributed by atoms with E-state index in [1.54, 1.807) is 37.3 Å². The van der Waals surface area contributed by atoms with Gasteiger partial charge in [0.05, 0.1) is 64.8 Å². The number of aliphatic hydroxyl groups excluding tert-OH is 13. The van der Waals surface area contributed by atoms with Crippen molar-refractivity contribution in [3.05, 3.63) is 144 Å². The molecule has 0 aliphatic carbocycles. The van der Waals surface area contributed by atoms with Gasteiger partial charge in [0.2, 0.25) is 41.7 Å². The quantitative estimate of drug-likeness (QED) is 0.0325. The number of amides is 6. The van der Waals surface area contributed by atoms with Crippen molar-refractivity contribution in [1.82, 2.24) is 42.1 Å². The predicted octanol–water partition coefficient (Wildman–Crippen LogP) is -9.45. The second-order valence-electron chi connectivity index (χ2n) is 26.3. The van der Waals surface area contributed by atoms with Crippen LogP contribution in [-0.4, -0.2) is 318 Å². The zero-order valence-electron chi connectivity index (χ0n) is 57.1. The van der Waals surface area contributed by atoms with Crippen molar-refractivity contribution in [3.63, 3.8) is 0 Å². The highest BCUT2D eigenvalue weighted by atomic mass is 16.7. The number of nitrogens with zero attached hydrogens (tertiary/aromatic N) is 3. The van der Waals surface area contributed by atoms with Gasteiger partial charge in [0.15, 0.2) is 24.4 Å². The number of ether oxygens (including phenoxy) is 6. The number of carbonyl (C=O) groups is 6. The van der Waals surface area contributed by atoms with E-state index in [2.05, 4.69) is 47.2 Å². The Morgan fingerprint density at radius 2 is 1.13 bits per heavy atom. The van der Waals surface area contributed by atoms with Crippen LogP contribution in [0.25, 0.3) is 5.57 Å². The molecule has 0 bridgehead atoms. The summed E-state index contributed by atoms with van der Waals surface area (Å²) in [6.45, 7) is -3.47. The van der Waals surface area contributed by atoms with Gasteiger partial charge in [-0.15, -0.1) is 0 Å². The molecule has 4 saturated heterocycles. The first-order valence-corrected chi connectivity index (χ1v) is 34.2. The molecule has 24 N–H and O–H groups in total. The van der Waals surface area contributed by atoms with Gasteiger partial charge < -0.3 is 148 Å². The fraction of sp³-hybridized carbons (Fsp3) is 0.507. The average molecular weight is 1490 g/mol. The normalized spacial score (nSPS) is 33.8. The SMILES string of the molecule is CC(c1ccccc1)[C@@H]1NC(=O)CNC(=O)[C@H](CO)NC(=O)[C@@H](C(O)C2CN=C(N)N2[C@H]2O[C@H](CO)[C@@H](O)[C@H](O)[C@@H]2O)NC(=O)[C@H](C(O)C2CN=C(N)N2)NC(=O)[C@@H](Cc2ccc(O[C@H]3O[C@H](CO)[C@@H](O[C@H]4O[C@H](COCC=C(c5ccccc5)c5ccccc5)[C@@H](O)[C@H](O)[C@@H]4O)[C@H](O)[C@@H]3O)cc2)NC1=O. The number of carbonyl (C=O) groups excluding carboxylic acids is 6. The standard InChI is InChI=1S/C69H90N12O25/c1-31(33-11-5-2-6-12-33)46-62(98)75-38(23-32-17-19-36(20-18-32)102-66-58(95)55(92)59(43(29-84)104-66)106-67-57(94)54(91)52(89)44(105-67)30-101-22-21-37(34-13-7-3-8-14-34)35-15-9-4-10-16-35)61(97)79-47(49(86)39-24-73-68(70)77-39)64(100)80-48(63(99)76-40(27-82)60(96)72-26-45(85)78-46)50(87)41-25-74-69(71)81(41)65-56(93)53(90)51(88)42(28-83)103-65/h2-21,31,38-44,46-59,65-67,82-84,86-95H,22-30H2,1H3,(H2,71,74)(H,72,96)(H,75,98)(H,76,99)(H,78,85)(H,79,97)(H,80,100)(H3,70,73,77)/t31?,38-,39?,40+,41?,42-,43-,44-,46+,47+,48-,49?,50?,51-,52-,53+,54+,55-,56+,57+,58+,59-,65+,66+,67-/m1/s1. The summed E-state index contributed by atoms with van der Waals surface area (Å²) in [4.78, 5) is 96.7. The average Bonchev–Trinajstić information content (AvgIpc) is 1.49. The molecule has 6 heterocycles. The first-order chi connectivity index (χ1) is 50.8. The molecule has 6 aliphatic heterocycles. The van der Waals surface area contributed by atoms with Crippen LogP contribution in [0.4, 0.5) is 0 Å². The smallest absolute Gasteiger partial charge is 0.246 e. The van der Waals surface area contributed by atoms with Crippen LogP contribution < -0.4 is 53.4 Å². The summed E-state index contributed by atoms with van der Waals surface area (Å²) >= 11 is 0. The Kier molecular flexibility index (Phi) is 27.1. The molecule has 10 rings (SSSR count). The van der Waals surface area contributed by atoms with Crippen molar-refractivity contribution in [1.29, 1.82) is 0 Å². The molecule has 4 aromatic rings. The van der Waals surface area contributed by atoms with E-state index in [9.17, 15) is 85.6 Å². The summed E-state index contributed by atoms with van der Waals surface area (Å²) in [5, 5.41) is 161. The number of nitrogens with two attached hydrogens (primary N) is 2. The molecule has 37 heteroatoms. The van der Waals surface area contributed by atoms with Crippen LogP contribution in [0, 0.1) is 0 Å². The third kappa shape index (κ3) is 18.5. The summed E-state index contributed by atoms with van der Waals surface area (Å²) in [6, 6.07) is 19.9. The minimum Gasteiger partial charge on any atom is -0.462 e. The molecule has 25 atom stereocenters. The molecule has 37 nitrogen and oxygen atoms in total. The Hall–Kier alpha value is -8.94. The third-order valence-electron chi connectivity index (χ3n) is 19.2. The van der Waals surface area contributed by atoms with Gasteiger partial charge in [0.25, 0.3) is 0 Å². The zero-order chi connectivity index (χ0) is 76.2. The fourth-order valence-corrected chi connectivity index (χ4v) is 13.2. The van der Waals surface area contributed by atoms with Gasteiger partial charge in [-0.2, -0.15) is 0 Å². The molecule has 6 amide bonds. The van der Waals surface area contributed by atoms with Crippen LogP contribution in [0.15, 0.2) is 131 Å². The number of hydrogen-bond acceptors (Lipinski definition) is 31. The molecule has 6 aliphatic rings. The Morgan fingerprint density at radius 3 is 1.75 bits per heavy atom. The number of aliphatic hydroxyl groups is 13. The lowest BCUT2D eigenvalue weighted by Crippen LogP contribution is -2.70. The van der Waals surface area contributed by atoms with E-state index in [-0.39, 0.29) is 37.0 Å². The maximum atomic E-state index is 15.2. The zero-order valence-corrected chi connectivity index (χ0v) is 57.1. The Labute approximate surface area is 605 Å². The number of rotatable bonds is 22. The van der Waals surface area contributed by atoms with Gasteiger partial charge in [-0.05, 0) is 40.0 Å². The number of nitrogens with one attached hydrogen (secondary N) is 7. The Morgan fingerprint density at radius 1 is 0.566 bits per heavy atom. The molecule has 0 saturated carbocycles. The highest BCUT2D eigenvalue weighted by Gasteiger charge is 2.54. The highest BCUT2D eigenvalue weighted by molar-refractivity contribution is 5.98. The Bertz CT molecular complexity index is 3680. The van der Waals surface area contributed by atoms with E-state index < -0.39 is 233 Å². The molecule has 0 spiro atoms. The van der Waals surface area contributed by atoms with Crippen molar-refractivity contribution >= 4 is 52.9 Å². The molecule has 106 heavy (non-hydrogen) atoms. The molecular formula is C69H90N12O25. The molecule has 4 aromatic carbocycles. The van der Waals surface area contributed by atoms with Gasteiger partial charge in [-0.3, -0.25) is 38.8 Å². The van der Waals surface area contributed by atoms with E-state index in [1.165, 1.54) is 24.3 Å². The lowest BCUT2D eigenvalue weighted by atomic mass is 9.92. The molecule has 0 aromatic heterocycles. The minimum atomic E-state index is -2.35. The monoisotopic (exact) mass is 1490 g/mol. The topological polar surface area (TPSA) is 585 Å². The van der Waals surface area contributed by atoms with Crippen LogP contribution in [0.3, 0.4) is 0 Å². The number of benzene rings is 4. The van der Waals surface area contributed by atoms with Crippen LogP contribution in [-0.2, 0) is 58.9 Å². The fourth-order valence-electron chi connectivity index (χ4n) is 13.2. The molecular weight excluding hydrogens is 1400 g/mol. The van der Waals surface area contributed by atoms with Gasteiger partial charge in [0.1, 0.15) is 121 Å². The van der Waals surface area contributed by atoms with Crippen LogP contribution in [0.5, 0.6) is 5.75 Å². The van der Waals surface area contributed by atoms with Crippen LogP contribution in [0.1, 0.15) is 35.1 Å². The molecule has 4 fully saturated rings. The van der Waals surface area contributed by atoms with Gasteiger partial charge in [0, 0.05) is 12.3 Å². The maximum Gasteiger partial charge on any atom is 0.246 e. The molecule has 0 radical (unpaired) electrons. The summed E-state index contributed by atoms with van der Waals surface area (Å²) in [5.74, 6) is -9.00. The van der Waals surface area contributed by atoms with E-state index in [1.807, 2.05) is 66.7 Å². The lowest BCUT2D eigenvalue weighted by molar-refractivity contribution is -0.353. The third-order valence-corrected chi connectivity index (χ3v) is 19.2. The number of guanidine groups is 2. The maximum absolute atomic E-state index is 15.2. The van der Waals surface area contributed by atoms with E-state index in [4.69, 9.17) is 39.9 Å². The van der Waals surface area contributed by atoms with Crippen molar-refractivity contribution in [2.24, 2.45) is 21.5 Å². The van der Waals surface area contributed by atoms with Crippen molar-refractivity contribution < 1.29 is 124 Å². The highest BCUT2D eigenvalue weighted by Crippen LogP contribution is 2.33. The van der Waals surface area contributed by atoms with Gasteiger partial charge in [-0.1, -0.05) is 116 Å². The minimum absolute atomic E-state index is 0.0142. The summed E-state index contributed by atoms with van der Waals surface area (Å²) < 4.78 is 35.3. The van der Waals surface area contributed by atoms with E-state index in [0.717, 1.165) is 21.6 Å². The van der Waals surface area contributed by atoms with E-state index in [0.29, 0.717) is 5.56 Å². The second-order valence-corrected chi connectivity index (χ2v) is 26.3. The van der Waals surface area contributed by atoms with Gasteiger partial charge >= 0.3 is 0 Å². The summed E-state index contributed by atoms with van der Waals surface area (Å²) in [7, 11) is 0. The summed E-state index contributed by atoms with van der Waals surface area (Å²) in [5.41, 5.74) is 15.5. The molecule has 576 valence electrons. The Balaban J connectivity index is 0.888. The van der Waals surface area contributed by atoms with Gasteiger partial charge in [-0.25, -0.2) is 0 Å². The first-order valence-electron chi connectivity index (χ1n) is 34.2. The number of hydrogen-bond donors (Lipinski definition) is 22.